The Morgan fingerprint density at radius 3 is 2.00 bits per heavy atom. The Morgan fingerprint density at radius 2 is 1.32 bits per heavy atom. The second-order valence-electron chi connectivity index (χ2n) is 5.74. The lowest BCUT2D eigenvalue weighted by Gasteiger charge is -1.93. The van der Waals surface area contributed by atoms with E-state index in [4.69, 9.17) is 5.11 Å². The van der Waals surface area contributed by atoms with Crippen molar-refractivity contribution in [3.8, 4) is 0 Å². The Balaban J connectivity index is 3.61. The third kappa shape index (κ3) is 19.8. The fourth-order valence-electron chi connectivity index (χ4n) is 1.95. The molecule has 0 aliphatic heterocycles. The molecule has 0 heterocycles. The van der Waals surface area contributed by atoms with Crippen LogP contribution in [0.2, 0.25) is 0 Å². The molecule has 0 spiro atoms. The molecule has 0 aromatic heterocycles. The normalized spacial score (nSPS) is 12.5. The zero-order chi connectivity index (χ0) is 18.6. The van der Waals surface area contributed by atoms with Crippen molar-refractivity contribution < 1.29 is 14.7 Å². The third-order valence-corrected chi connectivity index (χ3v) is 3.34. The van der Waals surface area contributed by atoms with Gasteiger partial charge in [0.15, 0.2) is 0 Å². The molecule has 1 N–H and O–H groups in total. The first-order chi connectivity index (χ1) is 12.2. The van der Waals surface area contributed by atoms with Crippen LogP contribution in [0.4, 0.5) is 0 Å². The average Bonchev–Trinajstić information content (AvgIpc) is 2.58. The van der Waals surface area contributed by atoms with Gasteiger partial charge in [0.05, 0.1) is 0 Å². The Bertz CT molecular complexity index is 493. The van der Waals surface area contributed by atoms with Crippen molar-refractivity contribution in [2.24, 2.45) is 0 Å². The highest BCUT2D eigenvalue weighted by Gasteiger charge is 1.96. The molecule has 0 rings (SSSR count). The summed E-state index contributed by atoms with van der Waals surface area (Å²) in [5, 5.41) is 8.49. The summed E-state index contributed by atoms with van der Waals surface area (Å²) in [5.74, 6) is -0.579. The summed E-state index contributed by atoms with van der Waals surface area (Å²) >= 11 is 0. The second-order valence-corrected chi connectivity index (χ2v) is 5.74. The number of hydrogen-bond acceptors (Lipinski definition) is 2. The van der Waals surface area contributed by atoms with E-state index < -0.39 is 5.97 Å². The number of aliphatic carboxylic acids is 1. The maximum Gasteiger partial charge on any atom is 0.303 e. The number of carboxylic acid groups (broad SMARTS) is 1. The van der Waals surface area contributed by atoms with Crippen molar-refractivity contribution in [2.75, 3.05) is 0 Å². The molecular formula is C22H32O3. The molecule has 0 amide bonds. The monoisotopic (exact) mass is 344 g/mol. The van der Waals surface area contributed by atoms with E-state index in [1.165, 1.54) is 6.42 Å². The summed E-state index contributed by atoms with van der Waals surface area (Å²) in [6.07, 6.45) is 26.8. The number of Topliss-reactive ketones (excluding diaryl/α,β-unsaturated/α-hetero) is 1. The predicted molar refractivity (Wildman–Crippen MR) is 106 cm³/mol. The maximum atomic E-state index is 11.7. The molecule has 0 unspecified atom stereocenters. The Hall–Kier alpha value is -2.16. The summed E-state index contributed by atoms with van der Waals surface area (Å²) < 4.78 is 0. The lowest BCUT2D eigenvalue weighted by molar-refractivity contribution is -0.136. The van der Waals surface area contributed by atoms with Crippen molar-refractivity contribution in [2.45, 2.75) is 64.7 Å². The molecule has 0 bridgehead atoms. The highest BCUT2D eigenvalue weighted by molar-refractivity contribution is 5.79. The van der Waals surface area contributed by atoms with Crippen molar-refractivity contribution in [3.05, 3.63) is 60.8 Å². The molecule has 0 saturated carbocycles. The number of carbonyl (C=O) groups is 2. The van der Waals surface area contributed by atoms with E-state index in [-0.39, 0.29) is 12.2 Å². The van der Waals surface area contributed by atoms with E-state index >= 15 is 0 Å². The van der Waals surface area contributed by atoms with Gasteiger partial charge in [0.25, 0.3) is 0 Å². The molecule has 0 atom stereocenters. The summed E-state index contributed by atoms with van der Waals surface area (Å²) in [6.45, 7) is 2.17. The smallest absolute Gasteiger partial charge is 0.303 e. The van der Waals surface area contributed by atoms with Gasteiger partial charge in [-0.15, -0.1) is 0 Å². The van der Waals surface area contributed by atoms with E-state index in [0.717, 1.165) is 19.3 Å². The molecule has 0 aliphatic rings. The van der Waals surface area contributed by atoms with Gasteiger partial charge < -0.3 is 5.11 Å². The Labute approximate surface area is 152 Å². The number of rotatable bonds is 15. The second kappa shape index (κ2) is 18.2. The summed E-state index contributed by atoms with van der Waals surface area (Å²) in [5.41, 5.74) is 0. The number of hydrogen-bond donors (Lipinski definition) is 1. The molecule has 0 aromatic carbocycles. The topological polar surface area (TPSA) is 54.4 Å². The molecule has 0 saturated heterocycles. The third-order valence-electron chi connectivity index (χ3n) is 3.34. The molecular weight excluding hydrogens is 312 g/mol. The van der Waals surface area contributed by atoms with E-state index in [9.17, 15) is 9.59 Å². The quantitative estimate of drug-likeness (QED) is 0.295. The van der Waals surface area contributed by atoms with Crippen molar-refractivity contribution in [1.29, 1.82) is 0 Å². The zero-order valence-electron chi connectivity index (χ0n) is 15.4. The zero-order valence-corrected chi connectivity index (χ0v) is 15.4. The van der Waals surface area contributed by atoms with Crippen LogP contribution >= 0.6 is 0 Å². The number of ketones is 1. The Kier molecular flexibility index (Phi) is 16.6. The van der Waals surface area contributed by atoms with Gasteiger partial charge in [-0.1, -0.05) is 74.1 Å². The number of carbonyl (C=O) groups excluding carboxylic acids is 1. The van der Waals surface area contributed by atoms with Crippen LogP contribution in [0.3, 0.4) is 0 Å². The number of allylic oxidation sites excluding steroid dienone is 10. The predicted octanol–water partition coefficient (Wildman–Crippen LogP) is 5.95. The first-order valence-corrected chi connectivity index (χ1v) is 9.17. The first kappa shape index (κ1) is 22.8. The van der Waals surface area contributed by atoms with Crippen molar-refractivity contribution >= 4 is 11.8 Å². The highest BCUT2D eigenvalue weighted by atomic mass is 16.4. The van der Waals surface area contributed by atoms with Crippen LogP contribution in [0.15, 0.2) is 60.8 Å². The van der Waals surface area contributed by atoms with E-state index in [0.29, 0.717) is 25.7 Å². The molecule has 0 aliphatic carbocycles. The van der Waals surface area contributed by atoms with Crippen LogP contribution in [0, 0.1) is 0 Å². The fourth-order valence-corrected chi connectivity index (χ4v) is 1.95. The van der Waals surface area contributed by atoms with Gasteiger partial charge >= 0.3 is 5.97 Å². The van der Waals surface area contributed by atoms with Crippen LogP contribution in [0.5, 0.6) is 0 Å². The molecule has 25 heavy (non-hydrogen) atoms. The summed E-state index contributed by atoms with van der Waals surface area (Å²) in [4.78, 5) is 22.0. The minimum Gasteiger partial charge on any atom is -0.481 e. The largest absolute Gasteiger partial charge is 0.481 e. The molecule has 0 fully saturated rings. The lowest BCUT2D eigenvalue weighted by Crippen LogP contribution is -1.94. The Morgan fingerprint density at radius 1 is 0.720 bits per heavy atom. The van der Waals surface area contributed by atoms with Crippen LogP contribution in [0.1, 0.15) is 64.7 Å². The van der Waals surface area contributed by atoms with E-state index in [2.05, 4.69) is 43.4 Å². The standard InChI is InChI=1S/C22H32O3/c1-2-3-4-5-6-7-8-9-10-11-12-15-18-21(23)19-16-13-14-17-20-22(24)25/h4-7,9-10,12-15H,2-3,8,11,16-20H2,1H3,(H,24,25)/b5-4+,7-6+,10-9+,14-13-,15-12+. The highest BCUT2D eigenvalue weighted by Crippen LogP contribution is 2.01. The molecule has 3 nitrogen and oxygen atoms in total. The molecule has 0 radical (unpaired) electrons. The minimum absolute atomic E-state index is 0.145. The van der Waals surface area contributed by atoms with E-state index in [1.807, 2.05) is 24.3 Å². The van der Waals surface area contributed by atoms with Crippen LogP contribution in [0.25, 0.3) is 0 Å². The molecule has 3 heteroatoms. The van der Waals surface area contributed by atoms with Crippen molar-refractivity contribution in [3.63, 3.8) is 0 Å². The van der Waals surface area contributed by atoms with Crippen LogP contribution < -0.4 is 0 Å². The minimum atomic E-state index is -0.792. The number of unbranched alkanes of at least 4 members (excludes halogenated alkanes) is 1. The summed E-state index contributed by atoms with van der Waals surface area (Å²) in [6, 6.07) is 0. The van der Waals surface area contributed by atoms with Gasteiger partial charge in [0.1, 0.15) is 5.78 Å². The summed E-state index contributed by atoms with van der Waals surface area (Å²) in [7, 11) is 0. The fraction of sp³-hybridized carbons (Fsp3) is 0.455. The van der Waals surface area contributed by atoms with Gasteiger partial charge in [-0.3, -0.25) is 9.59 Å². The number of carboxylic acids is 1. The van der Waals surface area contributed by atoms with Gasteiger partial charge in [-0.25, -0.2) is 0 Å². The van der Waals surface area contributed by atoms with Gasteiger partial charge in [-0.2, -0.15) is 0 Å². The average molecular weight is 344 g/mol. The molecule has 0 aromatic rings. The molecule has 138 valence electrons. The van der Waals surface area contributed by atoms with Crippen LogP contribution in [-0.2, 0) is 9.59 Å². The lowest BCUT2D eigenvalue weighted by atomic mass is 10.1. The van der Waals surface area contributed by atoms with Crippen LogP contribution in [-0.4, -0.2) is 16.9 Å². The van der Waals surface area contributed by atoms with Gasteiger partial charge in [-0.05, 0) is 32.1 Å². The van der Waals surface area contributed by atoms with Crippen molar-refractivity contribution in [1.82, 2.24) is 0 Å². The van der Waals surface area contributed by atoms with E-state index in [1.54, 1.807) is 0 Å². The SMILES string of the molecule is CCC/C=C/C=C/C/C=C/C/C=C/CC(=O)CC/C=C\CCC(=O)O. The van der Waals surface area contributed by atoms with Gasteiger partial charge in [0.2, 0.25) is 0 Å². The maximum absolute atomic E-state index is 11.7. The first-order valence-electron chi connectivity index (χ1n) is 9.17. The van der Waals surface area contributed by atoms with Gasteiger partial charge in [0, 0.05) is 19.3 Å².